The summed E-state index contributed by atoms with van der Waals surface area (Å²) in [4.78, 5) is 37.6. The fourth-order valence-electron chi connectivity index (χ4n) is 2.47. The molecule has 0 saturated carbocycles. The molecule has 0 bridgehead atoms. The van der Waals surface area contributed by atoms with Crippen LogP contribution in [0.5, 0.6) is 5.75 Å². The van der Waals surface area contributed by atoms with E-state index in [1.807, 2.05) is 0 Å². The van der Waals surface area contributed by atoms with Crippen LogP contribution in [0.3, 0.4) is 0 Å². The molecule has 0 radical (unpaired) electrons. The van der Waals surface area contributed by atoms with E-state index in [4.69, 9.17) is 4.74 Å². The number of nitrogens with zero attached hydrogens (tertiary/aromatic N) is 2. The molecule has 1 aromatic heterocycles. The number of anilines is 1. The van der Waals surface area contributed by atoms with Gasteiger partial charge in [0.1, 0.15) is 5.75 Å². The molecule has 23 heavy (non-hydrogen) atoms. The van der Waals surface area contributed by atoms with Gasteiger partial charge in [0.25, 0.3) is 11.5 Å². The maximum atomic E-state index is 12.4. The molecule has 0 spiro atoms. The Balaban J connectivity index is 1.90. The van der Waals surface area contributed by atoms with Crippen molar-refractivity contribution in [3.8, 4) is 5.75 Å². The zero-order chi connectivity index (χ0) is 16.6. The Morgan fingerprint density at radius 2 is 2.04 bits per heavy atom. The third-order valence-electron chi connectivity index (χ3n) is 3.89. The molecule has 1 aromatic carbocycles. The topological polar surface area (TPSA) is 68.6 Å². The number of ketones is 1. The molecule has 1 amide bonds. The highest BCUT2D eigenvalue weighted by Crippen LogP contribution is 2.32. The van der Waals surface area contributed by atoms with Crippen LogP contribution >= 0.6 is 0 Å². The maximum Gasteiger partial charge on any atom is 0.264 e. The van der Waals surface area contributed by atoms with Crippen molar-refractivity contribution in [2.45, 2.75) is 13.5 Å². The zero-order valence-corrected chi connectivity index (χ0v) is 12.9. The fraction of sp³-hybridized carbons (Fsp3) is 0.235. The summed E-state index contributed by atoms with van der Waals surface area (Å²) < 4.78 is 6.71. The molecule has 1 aliphatic rings. The zero-order valence-electron chi connectivity index (χ0n) is 12.9. The number of aryl methyl sites for hydroxylation is 1. The summed E-state index contributed by atoms with van der Waals surface area (Å²) in [6, 6.07) is 8.38. The van der Waals surface area contributed by atoms with Gasteiger partial charge in [-0.1, -0.05) is 6.07 Å². The van der Waals surface area contributed by atoms with E-state index < -0.39 is 0 Å². The summed E-state index contributed by atoms with van der Waals surface area (Å²) >= 11 is 0. The number of hydrogen-bond acceptors (Lipinski definition) is 4. The highest BCUT2D eigenvalue weighted by atomic mass is 16.5. The van der Waals surface area contributed by atoms with Gasteiger partial charge >= 0.3 is 0 Å². The normalized spacial score (nSPS) is 13.5. The number of carbonyl (C=O) groups is 2. The van der Waals surface area contributed by atoms with Crippen molar-refractivity contribution in [2.24, 2.45) is 0 Å². The van der Waals surface area contributed by atoms with Crippen molar-refractivity contribution < 1.29 is 14.3 Å². The van der Waals surface area contributed by atoms with Gasteiger partial charge in [-0.2, -0.15) is 0 Å². The van der Waals surface area contributed by atoms with E-state index in [9.17, 15) is 14.4 Å². The third-order valence-corrected chi connectivity index (χ3v) is 3.89. The minimum atomic E-state index is -0.202. The van der Waals surface area contributed by atoms with Crippen LogP contribution in [0.25, 0.3) is 0 Å². The van der Waals surface area contributed by atoms with Crippen molar-refractivity contribution in [3.63, 3.8) is 0 Å². The molecule has 0 fully saturated rings. The summed E-state index contributed by atoms with van der Waals surface area (Å²) in [5.41, 5.74) is 1.39. The Bertz CT molecular complexity index is 854. The number of likely N-dealkylation sites (N-methyl/N-ethyl adjacent to an activating group) is 1. The first-order valence-corrected chi connectivity index (χ1v) is 7.20. The predicted octanol–water partition coefficient (Wildman–Crippen LogP) is 1.39. The van der Waals surface area contributed by atoms with Crippen molar-refractivity contribution in [2.75, 3.05) is 18.6 Å². The molecule has 2 aromatic rings. The minimum Gasteiger partial charge on any atom is -0.482 e. The first-order chi connectivity index (χ1) is 11.0. The molecule has 0 N–H and O–H groups in total. The Morgan fingerprint density at radius 3 is 2.83 bits per heavy atom. The van der Waals surface area contributed by atoms with Crippen LogP contribution in [0, 0.1) is 6.92 Å². The average molecular weight is 312 g/mol. The smallest absolute Gasteiger partial charge is 0.264 e. The maximum absolute atomic E-state index is 12.4. The SMILES string of the molecule is Cc1cccn(CC(=O)c2ccc3c(c2)N(C)C(=O)CO3)c1=O. The molecule has 0 saturated heterocycles. The first kappa shape index (κ1) is 15.0. The van der Waals surface area contributed by atoms with E-state index in [0.717, 1.165) is 0 Å². The Kier molecular flexibility index (Phi) is 3.73. The molecular formula is C17H16N2O4. The Hall–Kier alpha value is -2.89. The van der Waals surface area contributed by atoms with Crippen LogP contribution in [-0.2, 0) is 11.3 Å². The van der Waals surface area contributed by atoms with Gasteiger partial charge in [0.15, 0.2) is 12.4 Å². The number of Topliss-reactive ketones (excluding diaryl/α,β-unsaturated/α-hetero) is 1. The molecule has 3 rings (SSSR count). The number of pyridine rings is 1. The second-order valence-electron chi connectivity index (χ2n) is 5.47. The second kappa shape index (κ2) is 5.72. The standard InChI is InChI=1S/C17H16N2O4/c1-11-4-3-7-19(17(11)22)9-14(20)12-5-6-15-13(8-12)18(2)16(21)10-23-15/h3-8H,9-10H2,1-2H3. The number of ether oxygens (including phenoxy) is 1. The van der Waals surface area contributed by atoms with Gasteiger partial charge in [-0.05, 0) is 31.2 Å². The lowest BCUT2D eigenvalue weighted by atomic mass is 10.1. The van der Waals surface area contributed by atoms with Gasteiger partial charge in [-0.25, -0.2) is 0 Å². The highest BCUT2D eigenvalue weighted by Gasteiger charge is 2.23. The van der Waals surface area contributed by atoms with E-state index >= 15 is 0 Å². The number of rotatable bonds is 3. The number of fused-ring (bicyclic) bond motifs is 1. The van der Waals surface area contributed by atoms with Gasteiger partial charge in [-0.3, -0.25) is 14.4 Å². The fourth-order valence-corrected chi connectivity index (χ4v) is 2.47. The van der Waals surface area contributed by atoms with E-state index in [0.29, 0.717) is 22.6 Å². The summed E-state index contributed by atoms with van der Waals surface area (Å²) in [6.45, 7) is 1.66. The quantitative estimate of drug-likeness (QED) is 0.803. The minimum absolute atomic E-state index is 0.00449. The molecule has 0 aliphatic carbocycles. The third kappa shape index (κ3) is 2.75. The molecule has 1 aliphatic heterocycles. The predicted molar refractivity (Wildman–Crippen MR) is 85.1 cm³/mol. The molecular weight excluding hydrogens is 296 g/mol. The number of carbonyl (C=O) groups excluding carboxylic acids is 2. The van der Waals surface area contributed by atoms with Crippen molar-refractivity contribution >= 4 is 17.4 Å². The average Bonchev–Trinajstić information content (AvgIpc) is 2.55. The van der Waals surface area contributed by atoms with Gasteiger partial charge in [0, 0.05) is 24.4 Å². The number of amides is 1. The van der Waals surface area contributed by atoms with E-state index in [2.05, 4.69) is 0 Å². The van der Waals surface area contributed by atoms with Crippen LogP contribution in [-0.4, -0.2) is 29.9 Å². The monoisotopic (exact) mass is 312 g/mol. The van der Waals surface area contributed by atoms with Crippen LogP contribution < -0.4 is 15.2 Å². The lowest BCUT2D eigenvalue weighted by Crippen LogP contribution is -2.35. The lowest BCUT2D eigenvalue weighted by molar-refractivity contribution is -0.120. The molecule has 6 heteroatoms. The summed E-state index contributed by atoms with van der Waals surface area (Å²) in [5, 5.41) is 0. The largest absolute Gasteiger partial charge is 0.482 e. The van der Waals surface area contributed by atoms with Gasteiger partial charge in [0.05, 0.1) is 12.2 Å². The van der Waals surface area contributed by atoms with E-state index in [-0.39, 0.29) is 30.4 Å². The summed E-state index contributed by atoms with van der Waals surface area (Å²) in [7, 11) is 1.64. The number of hydrogen-bond donors (Lipinski definition) is 0. The van der Waals surface area contributed by atoms with Crippen LogP contribution in [0.2, 0.25) is 0 Å². The van der Waals surface area contributed by atoms with Crippen molar-refractivity contribution in [1.29, 1.82) is 0 Å². The highest BCUT2D eigenvalue weighted by molar-refractivity contribution is 6.01. The Labute approximate surface area is 132 Å². The molecule has 6 nitrogen and oxygen atoms in total. The van der Waals surface area contributed by atoms with Crippen LogP contribution in [0.1, 0.15) is 15.9 Å². The molecule has 2 heterocycles. The summed E-state index contributed by atoms with van der Waals surface area (Å²) in [5.74, 6) is 0.195. The number of aromatic nitrogens is 1. The summed E-state index contributed by atoms with van der Waals surface area (Å²) in [6.07, 6.45) is 1.59. The molecule has 118 valence electrons. The van der Waals surface area contributed by atoms with Gasteiger partial charge in [0.2, 0.25) is 0 Å². The van der Waals surface area contributed by atoms with Gasteiger partial charge < -0.3 is 14.2 Å². The van der Waals surface area contributed by atoms with E-state index in [1.54, 1.807) is 50.5 Å². The molecule has 0 unspecified atom stereocenters. The van der Waals surface area contributed by atoms with Crippen molar-refractivity contribution in [3.05, 3.63) is 58.0 Å². The lowest BCUT2D eigenvalue weighted by Gasteiger charge is -2.26. The van der Waals surface area contributed by atoms with Crippen LogP contribution in [0.15, 0.2) is 41.3 Å². The van der Waals surface area contributed by atoms with E-state index in [1.165, 1.54) is 9.47 Å². The van der Waals surface area contributed by atoms with Gasteiger partial charge in [-0.15, -0.1) is 0 Å². The number of benzene rings is 1. The van der Waals surface area contributed by atoms with Crippen LogP contribution in [0.4, 0.5) is 5.69 Å². The van der Waals surface area contributed by atoms with Crippen molar-refractivity contribution in [1.82, 2.24) is 4.57 Å². The Morgan fingerprint density at radius 1 is 1.26 bits per heavy atom. The first-order valence-electron chi connectivity index (χ1n) is 7.20. The molecule has 0 atom stereocenters. The second-order valence-corrected chi connectivity index (χ2v) is 5.47.